The molecule has 1 aliphatic heterocycles. The summed E-state index contributed by atoms with van der Waals surface area (Å²) in [4.78, 5) is 34.5. The Morgan fingerprint density at radius 3 is 2.48 bits per heavy atom. The van der Waals surface area contributed by atoms with Crippen molar-refractivity contribution in [3.63, 3.8) is 0 Å². The lowest BCUT2D eigenvalue weighted by Crippen LogP contribution is -2.40. The minimum absolute atomic E-state index is 0.0638. The Hall–Kier alpha value is -4.91. The molecule has 2 aromatic carbocycles. The fourth-order valence-electron chi connectivity index (χ4n) is 5.35. The van der Waals surface area contributed by atoms with Crippen LogP contribution in [0, 0.1) is 5.92 Å². The second kappa shape index (κ2) is 13.2. The van der Waals surface area contributed by atoms with Gasteiger partial charge in [0.05, 0.1) is 23.1 Å². The number of hydrogen-bond donors (Lipinski definition) is 3. The van der Waals surface area contributed by atoms with E-state index in [9.17, 15) is 23.1 Å². The number of carboxylic acids is 1. The minimum atomic E-state index is -4.16. The number of rotatable bonds is 9. The van der Waals surface area contributed by atoms with Crippen molar-refractivity contribution in [1.82, 2.24) is 15.3 Å². The Morgan fingerprint density at radius 2 is 1.78 bits per heavy atom. The summed E-state index contributed by atoms with van der Waals surface area (Å²) in [5.41, 5.74) is 2.70. The molecule has 0 atom stereocenters. The number of alkyl carbamates (subject to hydrolysis) is 1. The molecule has 12 nitrogen and oxygen atoms in total. The predicted molar refractivity (Wildman–Crippen MR) is 175 cm³/mol. The van der Waals surface area contributed by atoms with Gasteiger partial charge in [-0.1, -0.05) is 12.1 Å². The molecule has 0 radical (unpaired) electrons. The van der Waals surface area contributed by atoms with Crippen molar-refractivity contribution in [2.24, 2.45) is 5.92 Å². The first kappa shape index (κ1) is 32.5. The number of sulfonamides is 1. The first-order valence-electron chi connectivity index (χ1n) is 14.8. The Kier molecular flexibility index (Phi) is 9.33. The zero-order valence-electron chi connectivity index (χ0n) is 26.1. The molecule has 3 heterocycles. The van der Waals surface area contributed by atoms with Crippen LogP contribution in [-0.4, -0.2) is 67.9 Å². The Morgan fingerprint density at radius 1 is 1.02 bits per heavy atom. The number of carbonyl (C=O) groups is 2. The van der Waals surface area contributed by atoms with Crippen molar-refractivity contribution >= 4 is 44.4 Å². The van der Waals surface area contributed by atoms with Crippen LogP contribution in [0.15, 0.2) is 71.9 Å². The molecule has 1 saturated heterocycles. The zero-order chi connectivity index (χ0) is 33.1. The number of aromatic nitrogens is 2. The molecule has 1 aliphatic rings. The highest BCUT2D eigenvalue weighted by atomic mass is 32.2. The number of aromatic carboxylic acids is 1. The van der Waals surface area contributed by atoms with Crippen LogP contribution in [0.25, 0.3) is 22.0 Å². The summed E-state index contributed by atoms with van der Waals surface area (Å²) in [7, 11) is -2.77. The fraction of sp³-hybridized carbons (Fsp3) is 0.333. The van der Waals surface area contributed by atoms with E-state index in [1.165, 1.54) is 25.3 Å². The molecule has 0 unspecified atom stereocenters. The summed E-state index contributed by atoms with van der Waals surface area (Å²) >= 11 is 0. The predicted octanol–water partition coefficient (Wildman–Crippen LogP) is 5.55. The molecule has 0 saturated carbocycles. The first-order valence-corrected chi connectivity index (χ1v) is 16.3. The molecule has 1 fully saturated rings. The highest BCUT2D eigenvalue weighted by Gasteiger charge is 2.24. The van der Waals surface area contributed by atoms with E-state index in [2.05, 4.69) is 24.9 Å². The molecule has 242 valence electrons. The fourth-order valence-corrected chi connectivity index (χ4v) is 6.45. The minimum Gasteiger partial charge on any atom is -0.480 e. The molecule has 5 rings (SSSR count). The number of pyridine rings is 2. The van der Waals surface area contributed by atoms with Gasteiger partial charge in [-0.2, -0.15) is 0 Å². The number of hydrogen-bond acceptors (Lipinski definition) is 9. The maximum Gasteiger partial charge on any atom is 0.407 e. The summed E-state index contributed by atoms with van der Waals surface area (Å²) < 4.78 is 39.6. The number of nitrogens with one attached hydrogen (secondary N) is 2. The Balaban J connectivity index is 1.36. The SMILES string of the molecule is COc1ncc(-c2ccc3nccc(N4CCC(CNC(=O)OC(C)(C)C)CC4)c3c2)cc1NS(=O)(=O)c1cccc(C(=O)O)c1. The molecule has 1 amide bonds. The summed E-state index contributed by atoms with van der Waals surface area (Å²) in [6.45, 7) is 7.70. The van der Waals surface area contributed by atoms with Crippen LogP contribution < -0.4 is 19.7 Å². The molecular weight excluding hydrogens is 610 g/mol. The number of ether oxygens (including phenoxy) is 2. The average molecular weight is 648 g/mol. The van der Waals surface area contributed by atoms with Gasteiger partial charge in [-0.3, -0.25) is 9.71 Å². The van der Waals surface area contributed by atoms with Crippen molar-refractivity contribution in [3.8, 4) is 17.0 Å². The number of anilines is 2. The number of benzene rings is 2. The number of amides is 1. The van der Waals surface area contributed by atoms with Crippen LogP contribution in [0.4, 0.5) is 16.2 Å². The van der Waals surface area contributed by atoms with Gasteiger partial charge in [-0.25, -0.2) is 23.0 Å². The van der Waals surface area contributed by atoms with E-state index in [1.54, 1.807) is 18.5 Å². The topological polar surface area (TPSA) is 160 Å². The third-order valence-corrected chi connectivity index (χ3v) is 8.98. The van der Waals surface area contributed by atoms with E-state index >= 15 is 0 Å². The third-order valence-electron chi connectivity index (χ3n) is 7.62. The van der Waals surface area contributed by atoms with Crippen molar-refractivity contribution in [1.29, 1.82) is 0 Å². The van der Waals surface area contributed by atoms with Gasteiger partial charge in [0.25, 0.3) is 10.0 Å². The van der Waals surface area contributed by atoms with Gasteiger partial charge >= 0.3 is 12.1 Å². The van der Waals surface area contributed by atoms with Crippen LogP contribution in [0.1, 0.15) is 44.0 Å². The van der Waals surface area contributed by atoms with E-state index in [0.29, 0.717) is 18.0 Å². The van der Waals surface area contributed by atoms with Crippen molar-refractivity contribution in [2.75, 3.05) is 36.4 Å². The molecular formula is C33H37N5O7S. The maximum absolute atomic E-state index is 13.2. The highest BCUT2D eigenvalue weighted by Crippen LogP contribution is 2.35. The zero-order valence-corrected chi connectivity index (χ0v) is 26.9. The molecule has 13 heteroatoms. The quantitative estimate of drug-likeness (QED) is 0.210. The first-order chi connectivity index (χ1) is 21.8. The van der Waals surface area contributed by atoms with E-state index in [1.807, 2.05) is 45.0 Å². The second-order valence-corrected chi connectivity index (χ2v) is 13.8. The number of methoxy groups -OCH3 is 1. The molecule has 0 bridgehead atoms. The van der Waals surface area contributed by atoms with Gasteiger partial charge in [-0.05, 0) is 87.6 Å². The van der Waals surface area contributed by atoms with E-state index in [4.69, 9.17) is 9.47 Å². The number of carboxylic acid groups (broad SMARTS) is 1. The smallest absolute Gasteiger partial charge is 0.407 e. The number of carbonyl (C=O) groups excluding carboxylic acids is 1. The lowest BCUT2D eigenvalue weighted by atomic mass is 9.95. The lowest BCUT2D eigenvalue weighted by Gasteiger charge is -2.34. The van der Waals surface area contributed by atoms with Crippen LogP contribution in [0.3, 0.4) is 0 Å². The lowest BCUT2D eigenvalue weighted by molar-refractivity contribution is 0.0516. The Bertz CT molecular complexity index is 1870. The summed E-state index contributed by atoms with van der Waals surface area (Å²) in [6.07, 6.45) is 4.79. The third kappa shape index (κ3) is 7.65. The van der Waals surface area contributed by atoms with Crippen molar-refractivity contribution < 1.29 is 32.6 Å². The number of fused-ring (bicyclic) bond motifs is 1. The molecule has 3 N–H and O–H groups in total. The van der Waals surface area contributed by atoms with Gasteiger partial charge in [0.1, 0.15) is 11.3 Å². The van der Waals surface area contributed by atoms with Crippen LogP contribution >= 0.6 is 0 Å². The van der Waals surface area contributed by atoms with Crippen molar-refractivity contribution in [3.05, 3.63) is 72.6 Å². The van der Waals surface area contributed by atoms with Gasteiger partial charge in [0.15, 0.2) is 0 Å². The normalized spacial score (nSPS) is 14.1. The van der Waals surface area contributed by atoms with E-state index in [0.717, 1.165) is 54.2 Å². The highest BCUT2D eigenvalue weighted by molar-refractivity contribution is 7.92. The number of piperidine rings is 1. The summed E-state index contributed by atoms with van der Waals surface area (Å²) in [6, 6.07) is 14.5. The monoisotopic (exact) mass is 647 g/mol. The molecule has 46 heavy (non-hydrogen) atoms. The van der Waals surface area contributed by atoms with Crippen LogP contribution in [-0.2, 0) is 14.8 Å². The van der Waals surface area contributed by atoms with Gasteiger partial charge in [0, 0.05) is 48.7 Å². The standard InChI is InChI=1S/C33H37N5O7S/c1-33(2,3)45-32(41)36-19-21-11-14-38(15-12-21)29-10-13-34-27-9-8-22(17-26(27)29)24-18-28(30(44-4)35-20-24)37-46(42,43)25-7-5-6-23(16-25)31(39)40/h5-10,13,16-18,20-21,37H,11-12,14-15,19H2,1-4H3,(H,36,41)(H,39,40). The van der Waals surface area contributed by atoms with Crippen LogP contribution in [0.5, 0.6) is 5.88 Å². The number of nitrogens with zero attached hydrogens (tertiary/aromatic N) is 3. The summed E-state index contributed by atoms with van der Waals surface area (Å²) in [5.74, 6) is -0.830. The molecule has 0 aliphatic carbocycles. The molecule has 0 spiro atoms. The van der Waals surface area contributed by atoms with Gasteiger partial charge < -0.3 is 24.8 Å². The van der Waals surface area contributed by atoms with Gasteiger partial charge in [-0.15, -0.1) is 0 Å². The van der Waals surface area contributed by atoms with E-state index < -0.39 is 27.7 Å². The van der Waals surface area contributed by atoms with Crippen LogP contribution in [0.2, 0.25) is 0 Å². The molecule has 4 aromatic rings. The second-order valence-electron chi connectivity index (χ2n) is 12.1. The largest absolute Gasteiger partial charge is 0.480 e. The summed E-state index contributed by atoms with van der Waals surface area (Å²) in [5, 5.41) is 13.1. The maximum atomic E-state index is 13.2. The van der Waals surface area contributed by atoms with E-state index in [-0.39, 0.29) is 22.0 Å². The average Bonchev–Trinajstić information content (AvgIpc) is 3.02. The molecule has 2 aromatic heterocycles. The Labute approximate surface area is 267 Å². The van der Waals surface area contributed by atoms with Crippen molar-refractivity contribution in [2.45, 2.75) is 44.1 Å². The van der Waals surface area contributed by atoms with Gasteiger partial charge in [0.2, 0.25) is 5.88 Å².